The molecule has 2 N–H and O–H groups in total. The maximum Gasteiger partial charge on any atom is 0.335 e. The summed E-state index contributed by atoms with van der Waals surface area (Å²) in [6, 6.07) is 11.0. The Labute approximate surface area is 136 Å². The minimum absolute atomic E-state index is 0.117. The fourth-order valence-electron chi connectivity index (χ4n) is 2.15. The average Bonchev–Trinajstić information content (AvgIpc) is 2.49. The number of sulfonamides is 1. The number of rotatable bonds is 5. The highest BCUT2D eigenvalue weighted by Crippen LogP contribution is 2.22. The fourth-order valence-corrected chi connectivity index (χ4v) is 3.28. The number of aryl methyl sites for hydroxylation is 1. The molecule has 0 saturated heterocycles. The molecule has 0 saturated carbocycles. The van der Waals surface area contributed by atoms with E-state index < -0.39 is 16.0 Å². The number of aromatic carboxylic acids is 1. The first-order valence-corrected chi connectivity index (χ1v) is 8.66. The first-order valence-electron chi connectivity index (χ1n) is 7.17. The number of anilines is 1. The second-order valence-electron chi connectivity index (χ2n) is 5.66. The number of hydrogen-bond acceptors (Lipinski definition) is 3. The van der Waals surface area contributed by atoms with Crippen molar-refractivity contribution >= 4 is 21.7 Å². The summed E-state index contributed by atoms with van der Waals surface area (Å²) in [6.45, 7) is 5.73. The zero-order chi connectivity index (χ0) is 17.2. The van der Waals surface area contributed by atoms with Gasteiger partial charge in [0.25, 0.3) is 10.0 Å². The third-order valence-corrected chi connectivity index (χ3v) is 4.96. The number of carboxylic acid groups (broad SMARTS) is 1. The fraction of sp³-hybridized carbons (Fsp3) is 0.235. The Morgan fingerprint density at radius 1 is 1.09 bits per heavy atom. The summed E-state index contributed by atoms with van der Waals surface area (Å²) < 4.78 is 27.3. The van der Waals surface area contributed by atoms with Crippen LogP contribution in [0.4, 0.5) is 5.69 Å². The van der Waals surface area contributed by atoms with Crippen molar-refractivity contribution in [2.24, 2.45) is 0 Å². The summed E-state index contributed by atoms with van der Waals surface area (Å²) in [5.74, 6) is -0.725. The highest BCUT2D eigenvalue weighted by molar-refractivity contribution is 7.92. The summed E-state index contributed by atoms with van der Waals surface area (Å²) in [7, 11) is -3.71. The Morgan fingerprint density at radius 2 is 1.70 bits per heavy atom. The van der Waals surface area contributed by atoms with Crippen LogP contribution in [0.2, 0.25) is 0 Å². The molecule has 2 aromatic carbocycles. The molecule has 23 heavy (non-hydrogen) atoms. The first kappa shape index (κ1) is 17.0. The molecule has 0 radical (unpaired) electrons. The molecule has 122 valence electrons. The van der Waals surface area contributed by atoms with E-state index in [1.54, 1.807) is 31.2 Å². The van der Waals surface area contributed by atoms with Crippen LogP contribution in [0.25, 0.3) is 0 Å². The molecule has 0 fully saturated rings. The SMILES string of the molecule is Cc1cc(C(=O)O)ccc1NS(=O)(=O)c1ccc(C(C)C)cc1. The summed E-state index contributed by atoms with van der Waals surface area (Å²) in [5.41, 5.74) is 2.09. The minimum atomic E-state index is -3.71. The van der Waals surface area contributed by atoms with Gasteiger partial charge in [-0.05, 0) is 54.3 Å². The van der Waals surface area contributed by atoms with Crippen LogP contribution in [0.1, 0.15) is 41.3 Å². The second-order valence-corrected chi connectivity index (χ2v) is 7.35. The van der Waals surface area contributed by atoms with E-state index in [0.717, 1.165) is 5.56 Å². The van der Waals surface area contributed by atoms with Crippen molar-refractivity contribution in [3.8, 4) is 0 Å². The second kappa shape index (κ2) is 6.42. The quantitative estimate of drug-likeness (QED) is 0.875. The summed E-state index contributed by atoms with van der Waals surface area (Å²) in [5, 5.41) is 8.94. The van der Waals surface area contributed by atoms with Crippen molar-refractivity contribution in [2.45, 2.75) is 31.6 Å². The molecule has 0 aliphatic heterocycles. The molecule has 0 aliphatic carbocycles. The number of carbonyl (C=O) groups is 1. The molecule has 0 aromatic heterocycles. The Morgan fingerprint density at radius 3 is 2.17 bits per heavy atom. The van der Waals surface area contributed by atoms with Gasteiger partial charge in [0.15, 0.2) is 0 Å². The highest BCUT2D eigenvalue weighted by Gasteiger charge is 2.16. The van der Waals surface area contributed by atoms with Crippen LogP contribution in [0.5, 0.6) is 0 Å². The van der Waals surface area contributed by atoms with Gasteiger partial charge in [0.2, 0.25) is 0 Å². The molecule has 5 nitrogen and oxygen atoms in total. The van der Waals surface area contributed by atoms with Crippen LogP contribution in [0, 0.1) is 6.92 Å². The molecular weight excluding hydrogens is 314 g/mol. The Hall–Kier alpha value is -2.34. The average molecular weight is 333 g/mol. The molecule has 0 atom stereocenters. The highest BCUT2D eigenvalue weighted by atomic mass is 32.2. The van der Waals surface area contributed by atoms with Gasteiger partial charge in [0.1, 0.15) is 0 Å². The number of nitrogens with one attached hydrogen (secondary N) is 1. The third-order valence-electron chi connectivity index (χ3n) is 3.57. The van der Waals surface area contributed by atoms with E-state index in [1.165, 1.54) is 18.2 Å². The Balaban J connectivity index is 2.29. The molecule has 0 amide bonds. The number of carboxylic acids is 1. The van der Waals surface area contributed by atoms with Crippen molar-refractivity contribution < 1.29 is 18.3 Å². The summed E-state index contributed by atoms with van der Waals surface area (Å²) in [4.78, 5) is 11.1. The first-order chi connectivity index (χ1) is 10.7. The van der Waals surface area contributed by atoms with Crippen LogP contribution in [-0.2, 0) is 10.0 Å². The Kier molecular flexibility index (Phi) is 4.75. The van der Waals surface area contributed by atoms with E-state index >= 15 is 0 Å². The van der Waals surface area contributed by atoms with Gasteiger partial charge in [-0.3, -0.25) is 4.72 Å². The van der Waals surface area contributed by atoms with Crippen LogP contribution in [0.15, 0.2) is 47.4 Å². The Bertz CT molecular complexity index is 824. The molecule has 0 bridgehead atoms. The number of hydrogen-bond donors (Lipinski definition) is 2. The molecule has 0 heterocycles. The van der Waals surface area contributed by atoms with Crippen molar-refractivity contribution in [3.05, 3.63) is 59.2 Å². The lowest BCUT2D eigenvalue weighted by Gasteiger charge is -2.12. The predicted octanol–water partition coefficient (Wildman–Crippen LogP) is 3.62. The molecule has 2 rings (SSSR count). The van der Waals surface area contributed by atoms with Crippen molar-refractivity contribution in [1.82, 2.24) is 0 Å². The van der Waals surface area contributed by atoms with Gasteiger partial charge in [0.05, 0.1) is 16.1 Å². The van der Waals surface area contributed by atoms with Crippen LogP contribution in [0.3, 0.4) is 0 Å². The molecule has 6 heteroatoms. The van der Waals surface area contributed by atoms with Crippen LogP contribution < -0.4 is 4.72 Å². The van der Waals surface area contributed by atoms with E-state index in [4.69, 9.17) is 5.11 Å². The van der Waals surface area contributed by atoms with Gasteiger partial charge in [-0.1, -0.05) is 26.0 Å². The molecule has 0 spiro atoms. The lowest BCUT2D eigenvalue weighted by molar-refractivity contribution is 0.0697. The van der Waals surface area contributed by atoms with Gasteiger partial charge in [-0.25, -0.2) is 13.2 Å². The standard InChI is InChI=1S/C17H19NO4S/c1-11(2)13-4-7-15(8-5-13)23(21,22)18-16-9-6-14(17(19)20)10-12(16)3/h4-11,18H,1-3H3,(H,19,20). The van der Waals surface area contributed by atoms with Crippen LogP contribution >= 0.6 is 0 Å². The largest absolute Gasteiger partial charge is 0.478 e. The van der Waals surface area contributed by atoms with E-state index in [9.17, 15) is 13.2 Å². The molecular formula is C17H19NO4S. The van der Waals surface area contributed by atoms with E-state index in [0.29, 0.717) is 17.2 Å². The van der Waals surface area contributed by atoms with Gasteiger partial charge < -0.3 is 5.11 Å². The maximum absolute atomic E-state index is 12.4. The summed E-state index contributed by atoms with van der Waals surface area (Å²) in [6.07, 6.45) is 0. The van der Waals surface area contributed by atoms with Crippen LogP contribution in [-0.4, -0.2) is 19.5 Å². The molecule has 0 unspecified atom stereocenters. The number of benzene rings is 2. The third kappa shape index (κ3) is 3.90. The van der Waals surface area contributed by atoms with Gasteiger partial charge in [-0.2, -0.15) is 0 Å². The van der Waals surface area contributed by atoms with E-state index in [1.807, 2.05) is 13.8 Å². The topological polar surface area (TPSA) is 83.5 Å². The van der Waals surface area contributed by atoms with E-state index in [-0.39, 0.29) is 10.5 Å². The van der Waals surface area contributed by atoms with Gasteiger partial charge in [-0.15, -0.1) is 0 Å². The molecule has 0 aliphatic rings. The van der Waals surface area contributed by atoms with Crippen molar-refractivity contribution in [1.29, 1.82) is 0 Å². The van der Waals surface area contributed by atoms with E-state index in [2.05, 4.69) is 4.72 Å². The van der Waals surface area contributed by atoms with Gasteiger partial charge in [0, 0.05) is 0 Å². The minimum Gasteiger partial charge on any atom is -0.478 e. The van der Waals surface area contributed by atoms with Crippen molar-refractivity contribution in [2.75, 3.05) is 4.72 Å². The smallest absolute Gasteiger partial charge is 0.335 e. The lowest BCUT2D eigenvalue weighted by atomic mass is 10.0. The molecule has 2 aromatic rings. The lowest BCUT2D eigenvalue weighted by Crippen LogP contribution is -2.14. The zero-order valence-corrected chi connectivity index (χ0v) is 14.0. The maximum atomic E-state index is 12.4. The summed E-state index contributed by atoms with van der Waals surface area (Å²) >= 11 is 0. The predicted molar refractivity (Wildman–Crippen MR) is 89.5 cm³/mol. The monoisotopic (exact) mass is 333 g/mol. The zero-order valence-electron chi connectivity index (χ0n) is 13.2. The van der Waals surface area contributed by atoms with Crippen molar-refractivity contribution in [3.63, 3.8) is 0 Å². The van der Waals surface area contributed by atoms with Gasteiger partial charge >= 0.3 is 5.97 Å². The normalized spacial score (nSPS) is 11.5.